The number of benzene rings is 2. The number of ketones is 1. The van der Waals surface area contributed by atoms with Crippen LogP contribution in [0.25, 0.3) is 0 Å². The van der Waals surface area contributed by atoms with Gasteiger partial charge in [0.05, 0.1) is 0 Å². The Morgan fingerprint density at radius 2 is 1.90 bits per heavy atom. The molecule has 0 aliphatic rings. The Balaban J connectivity index is 1.94. The van der Waals surface area contributed by atoms with E-state index in [9.17, 15) is 9.18 Å². The molecule has 0 saturated heterocycles. The maximum Gasteiger partial charge on any atom is 0.174 e. The van der Waals surface area contributed by atoms with Crippen molar-refractivity contribution in [2.75, 3.05) is 6.61 Å². The van der Waals surface area contributed by atoms with E-state index in [-0.39, 0.29) is 24.6 Å². The normalized spacial score (nSPS) is 10.3. The van der Waals surface area contributed by atoms with Crippen molar-refractivity contribution in [3.63, 3.8) is 0 Å². The van der Waals surface area contributed by atoms with Gasteiger partial charge >= 0.3 is 0 Å². The van der Waals surface area contributed by atoms with E-state index in [2.05, 4.69) is 0 Å². The molecule has 0 N–H and O–H groups in total. The van der Waals surface area contributed by atoms with Crippen LogP contribution in [0, 0.1) is 19.7 Å². The van der Waals surface area contributed by atoms with Gasteiger partial charge in [-0.1, -0.05) is 35.9 Å². The Morgan fingerprint density at radius 3 is 2.60 bits per heavy atom. The van der Waals surface area contributed by atoms with Crippen LogP contribution in [0.4, 0.5) is 4.39 Å². The number of carbonyl (C=O) groups is 1. The Hall–Kier alpha value is -2.16. The van der Waals surface area contributed by atoms with Crippen molar-refractivity contribution in [3.05, 3.63) is 65.0 Å². The molecule has 0 aliphatic heterocycles. The molecule has 2 aromatic rings. The first-order valence-electron chi connectivity index (χ1n) is 6.51. The molecule has 2 rings (SSSR count). The molecule has 2 nitrogen and oxygen atoms in total. The zero-order chi connectivity index (χ0) is 14.5. The SMILES string of the molecule is Cc1ccc(OCC(=O)Cc2ccccc2F)c(C)c1. The molecule has 104 valence electrons. The topological polar surface area (TPSA) is 26.3 Å². The summed E-state index contributed by atoms with van der Waals surface area (Å²) in [6, 6.07) is 12.1. The quantitative estimate of drug-likeness (QED) is 0.830. The van der Waals surface area contributed by atoms with E-state index in [1.807, 2.05) is 32.0 Å². The van der Waals surface area contributed by atoms with E-state index in [0.717, 1.165) is 11.1 Å². The van der Waals surface area contributed by atoms with Crippen LogP contribution in [0.1, 0.15) is 16.7 Å². The van der Waals surface area contributed by atoms with Crippen molar-refractivity contribution < 1.29 is 13.9 Å². The third-order valence-corrected chi connectivity index (χ3v) is 3.06. The predicted molar refractivity (Wildman–Crippen MR) is 76.5 cm³/mol. The Bertz CT molecular complexity index is 620. The summed E-state index contributed by atoms with van der Waals surface area (Å²) in [7, 11) is 0. The zero-order valence-corrected chi connectivity index (χ0v) is 11.7. The average Bonchev–Trinajstić information content (AvgIpc) is 2.40. The summed E-state index contributed by atoms with van der Waals surface area (Å²) in [5, 5.41) is 0. The third-order valence-electron chi connectivity index (χ3n) is 3.06. The minimum absolute atomic E-state index is 0.0434. The second kappa shape index (κ2) is 6.33. The molecule has 0 atom stereocenters. The highest BCUT2D eigenvalue weighted by atomic mass is 19.1. The van der Waals surface area contributed by atoms with Crippen molar-refractivity contribution in [1.82, 2.24) is 0 Å². The number of halogens is 1. The third kappa shape index (κ3) is 3.67. The monoisotopic (exact) mass is 272 g/mol. The van der Waals surface area contributed by atoms with Crippen LogP contribution in [0.15, 0.2) is 42.5 Å². The van der Waals surface area contributed by atoms with Gasteiger partial charge in [0.15, 0.2) is 5.78 Å². The van der Waals surface area contributed by atoms with Gasteiger partial charge in [0.2, 0.25) is 0 Å². The summed E-state index contributed by atoms with van der Waals surface area (Å²) in [5.74, 6) is 0.194. The maximum absolute atomic E-state index is 13.4. The summed E-state index contributed by atoms with van der Waals surface area (Å²) < 4.78 is 18.9. The fourth-order valence-electron chi connectivity index (χ4n) is 2.02. The van der Waals surface area contributed by atoms with Crippen molar-refractivity contribution in [2.24, 2.45) is 0 Å². The number of Topliss-reactive ketones (excluding diaryl/α,β-unsaturated/α-hetero) is 1. The highest BCUT2D eigenvalue weighted by Crippen LogP contribution is 2.18. The molecule has 0 aromatic heterocycles. The van der Waals surface area contributed by atoms with Gasteiger partial charge < -0.3 is 4.74 Å². The molecule has 0 unspecified atom stereocenters. The van der Waals surface area contributed by atoms with Gasteiger partial charge in [-0.3, -0.25) is 4.79 Å². The first-order chi connectivity index (χ1) is 9.56. The number of rotatable bonds is 5. The predicted octanol–water partition coefficient (Wildman–Crippen LogP) is 3.63. The molecule has 0 spiro atoms. The van der Waals surface area contributed by atoms with Crippen molar-refractivity contribution >= 4 is 5.78 Å². The molecule has 0 heterocycles. The standard InChI is InChI=1S/C17H17FO2/c1-12-7-8-17(13(2)9-12)20-11-15(19)10-14-5-3-4-6-16(14)18/h3-9H,10-11H2,1-2H3. The van der Waals surface area contributed by atoms with Crippen LogP contribution in [0.2, 0.25) is 0 Å². The molecule has 20 heavy (non-hydrogen) atoms. The molecule has 0 amide bonds. The fraction of sp³-hybridized carbons (Fsp3) is 0.235. The molecule has 0 bridgehead atoms. The van der Waals surface area contributed by atoms with E-state index >= 15 is 0 Å². The van der Waals surface area contributed by atoms with Gasteiger partial charge in [0, 0.05) is 6.42 Å². The lowest BCUT2D eigenvalue weighted by atomic mass is 10.1. The Labute approximate surface area is 118 Å². The van der Waals surface area contributed by atoms with E-state index in [4.69, 9.17) is 4.74 Å². The number of hydrogen-bond acceptors (Lipinski definition) is 2. The number of hydrogen-bond donors (Lipinski definition) is 0. The van der Waals surface area contributed by atoms with Crippen LogP contribution < -0.4 is 4.74 Å². The molecular weight excluding hydrogens is 255 g/mol. The molecule has 0 saturated carbocycles. The highest BCUT2D eigenvalue weighted by Gasteiger charge is 2.09. The first kappa shape index (κ1) is 14.3. The van der Waals surface area contributed by atoms with Crippen LogP contribution in [0.5, 0.6) is 5.75 Å². The molecular formula is C17H17FO2. The van der Waals surface area contributed by atoms with Crippen molar-refractivity contribution in [3.8, 4) is 5.75 Å². The van der Waals surface area contributed by atoms with E-state index in [0.29, 0.717) is 11.3 Å². The lowest BCUT2D eigenvalue weighted by Crippen LogP contribution is -2.15. The number of carbonyl (C=O) groups excluding carboxylic acids is 1. The van der Waals surface area contributed by atoms with Gasteiger partial charge in [-0.15, -0.1) is 0 Å². The highest BCUT2D eigenvalue weighted by molar-refractivity contribution is 5.82. The van der Waals surface area contributed by atoms with Gasteiger partial charge in [-0.05, 0) is 37.1 Å². The van der Waals surface area contributed by atoms with Crippen LogP contribution in [-0.4, -0.2) is 12.4 Å². The van der Waals surface area contributed by atoms with Gasteiger partial charge in [0.25, 0.3) is 0 Å². The van der Waals surface area contributed by atoms with Gasteiger partial charge in [0.1, 0.15) is 18.2 Å². The summed E-state index contributed by atoms with van der Waals surface area (Å²) in [6.07, 6.45) is 0.0532. The van der Waals surface area contributed by atoms with E-state index in [1.54, 1.807) is 18.2 Å². The van der Waals surface area contributed by atoms with Gasteiger partial charge in [-0.25, -0.2) is 4.39 Å². The second-order valence-electron chi connectivity index (χ2n) is 4.86. The summed E-state index contributed by atoms with van der Waals surface area (Å²) in [5.41, 5.74) is 2.54. The Morgan fingerprint density at radius 1 is 1.15 bits per heavy atom. The molecule has 0 aliphatic carbocycles. The largest absolute Gasteiger partial charge is 0.486 e. The van der Waals surface area contributed by atoms with E-state index < -0.39 is 0 Å². The van der Waals surface area contributed by atoms with Crippen LogP contribution in [0.3, 0.4) is 0 Å². The minimum Gasteiger partial charge on any atom is -0.486 e. The lowest BCUT2D eigenvalue weighted by Gasteiger charge is -2.09. The smallest absolute Gasteiger partial charge is 0.174 e. The number of aryl methyl sites for hydroxylation is 2. The molecule has 2 aromatic carbocycles. The fourth-order valence-corrected chi connectivity index (χ4v) is 2.02. The van der Waals surface area contributed by atoms with Crippen molar-refractivity contribution in [2.45, 2.75) is 20.3 Å². The lowest BCUT2D eigenvalue weighted by molar-refractivity contribution is -0.120. The molecule has 0 radical (unpaired) electrons. The van der Waals surface area contributed by atoms with Gasteiger partial charge in [-0.2, -0.15) is 0 Å². The second-order valence-corrected chi connectivity index (χ2v) is 4.86. The van der Waals surface area contributed by atoms with E-state index in [1.165, 1.54) is 6.07 Å². The maximum atomic E-state index is 13.4. The Kier molecular flexibility index (Phi) is 4.51. The summed E-state index contributed by atoms with van der Waals surface area (Å²) in [4.78, 5) is 11.8. The zero-order valence-electron chi connectivity index (χ0n) is 11.7. The molecule has 0 fully saturated rings. The average molecular weight is 272 g/mol. The molecule has 3 heteroatoms. The van der Waals surface area contributed by atoms with Crippen molar-refractivity contribution in [1.29, 1.82) is 0 Å². The number of ether oxygens (including phenoxy) is 1. The minimum atomic E-state index is -0.354. The summed E-state index contributed by atoms with van der Waals surface area (Å²) in [6.45, 7) is 3.89. The van der Waals surface area contributed by atoms with Crippen LogP contribution in [-0.2, 0) is 11.2 Å². The van der Waals surface area contributed by atoms with Crippen LogP contribution >= 0.6 is 0 Å². The first-order valence-corrected chi connectivity index (χ1v) is 6.51. The summed E-state index contributed by atoms with van der Waals surface area (Å²) >= 11 is 0.